The van der Waals surface area contributed by atoms with E-state index in [1.165, 1.54) is 6.42 Å². The number of ether oxygens (including phenoxy) is 2. The third-order valence-corrected chi connectivity index (χ3v) is 5.37. The molecule has 1 atom stereocenters. The average Bonchev–Trinajstić information content (AvgIpc) is 2.76. The second-order valence-corrected chi connectivity index (χ2v) is 8.27. The Labute approximate surface area is 187 Å². The molecule has 7 nitrogen and oxygen atoms in total. The smallest absolute Gasteiger partial charge is 0.224 e. The van der Waals surface area contributed by atoms with Gasteiger partial charge in [0.2, 0.25) is 5.91 Å². The van der Waals surface area contributed by atoms with Crippen molar-refractivity contribution in [1.82, 2.24) is 15.5 Å². The quantitative estimate of drug-likeness (QED) is 0.319. The number of aliphatic imine (C=N–C) groups is 1. The highest BCUT2D eigenvalue weighted by atomic mass is 16.5. The molecule has 7 heteroatoms. The molecule has 2 rings (SSSR count). The topological polar surface area (TPSA) is 75.2 Å². The molecular weight excluding hydrogens is 392 g/mol. The number of amides is 1. The number of benzene rings is 1. The molecule has 1 amide bonds. The Kier molecular flexibility index (Phi) is 11.2. The average molecular weight is 433 g/mol. The molecule has 1 saturated heterocycles. The fourth-order valence-corrected chi connectivity index (χ4v) is 3.68. The van der Waals surface area contributed by atoms with Gasteiger partial charge in [-0.05, 0) is 44.2 Å². The number of carbonyl (C=O) groups is 1. The fraction of sp³-hybridized carbons (Fsp3) is 0.667. The minimum atomic E-state index is 0.222. The molecule has 1 aliphatic heterocycles. The number of rotatable bonds is 11. The zero-order valence-electron chi connectivity index (χ0n) is 19.7. The summed E-state index contributed by atoms with van der Waals surface area (Å²) < 4.78 is 11.1. The second kappa shape index (κ2) is 13.9. The van der Waals surface area contributed by atoms with Crippen LogP contribution in [-0.4, -0.2) is 63.3 Å². The minimum absolute atomic E-state index is 0.222. The summed E-state index contributed by atoms with van der Waals surface area (Å²) >= 11 is 0. The largest absolute Gasteiger partial charge is 0.493 e. The highest BCUT2D eigenvalue weighted by molar-refractivity contribution is 5.81. The summed E-state index contributed by atoms with van der Waals surface area (Å²) in [7, 11) is 1.70. The van der Waals surface area contributed by atoms with Gasteiger partial charge in [-0.15, -0.1) is 0 Å². The van der Waals surface area contributed by atoms with Crippen molar-refractivity contribution in [3.63, 3.8) is 0 Å². The lowest BCUT2D eigenvalue weighted by atomic mass is 10.00. The summed E-state index contributed by atoms with van der Waals surface area (Å²) in [4.78, 5) is 19.2. The molecular formula is C24H40N4O3. The van der Waals surface area contributed by atoms with Gasteiger partial charge in [0.25, 0.3) is 0 Å². The lowest BCUT2D eigenvalue weighted by Crippen LogP contribution is -2.42. The lowest BCUT2D eigenvalue weighted by Gasteiger charge is -2.31. The summed E-state index contributed by atoms with van der Waals surface area (Å²) in [6.45, 7) is 11.2. The second-order valence-electron chi connectivity index (χ2n) is 8.27. The highest BCUT2D eigenvalue weighted by Gasteiger charge is 2.20. The minimum Gasteiger partial charge on any atom is -0.493 e. The maximum Gasteiger partial charge on any atom is 0.224 e. The van der Waals surface area contributed by atoms with Crippen LogP contribution in [0.25, 0.3) is 0 Å². The maximum absolute atomic E-state index is 12.5. The zero-order chi connectivity index (χ0) is 22.5. The molecule has 1 aromatic carbocycles. The number of aryl methyl sites for hydroxylation is 1. The fourth-order valence-electron chi connectivity index (χ4n) is 3.68. The van der Waals surface area contributed by atoms with Crippen LogP contribution in [0.1, 0.15) is 50.7 Å². The molecule has 2 N–H and O–H groups in total. The molecule has 0 saturated carbocycles. The Morgan fingerprint density at radius 2 is 2.13 bits per heavy atom. The van der Waals surface area contributed by atoms with Crippen molar-refractivity contribution in [2.24, 2.45) is 10.9 Å². The van der Waals surface area contributed by atoms with E-state index in [4.69, 9.17) is 14.5 Å². The van der Waals surface area contributed by atoms with Crippen LogP contribution in [-0.2, 0) is 16.1 Å². The van der Waals surface area contributed by atoms with Crippen molar-refractivity contribution in [1.29, 1.82) is 0 Å². The number of hydrogen-bond donors (Lipinski definition) is 2. The van der Waals surface area contributed by atoms with E-state index >= 15 is 0 Å². The number of piperidine rings is 1. The van der Waals surface area contributed by atoms with Crippen molar-refractivity contribution < 1.29 is 14.3 Å². The summed E-state index contributed by atoms with van der Waals surface area (Å²) in [5.74, 6) is 2.41. The van der Waals surface area contributed by atoms with E-state index in [1.807, 2.05) is 11.8 Å². The van der Waals surface area contributed by atoms with Crippen LogP contribution in [0.2, 0.25) is 0 Å². The van der Waals surface area contributed by atoms with Crippen LogP contribution in [0, 0.1) is 12.8 Å². The van der Waals surface area contributed by atoms with Gasteiger partial charge in [-0.3, -0.25) is 4.79 Å². The van der Waals surface area contributed by atoms with Crippen molar-refractivity contribution in [3.05, 3.63) is 29.3 Å². The lowest BCUT2D eigenvalue weighted by molar-refractivity contribution is -0.132. The van der Waals surface area contributed by atoms with Crippen molar-refractivity contribution in [3.8, 4) is 5.75 Å². The Morgan fingerprint density at radius 3 is 2.87 bits per heavy atom. The molecule has 31 heavy (non-hydrogen) atoms. The van der Waals surface area contributed by atoms with Crippen molar-refractivity contribution in [2.75, 3.05) is 46.5 Å². The van der Waals surface area contributed by atoms with Crippen LogP contribution >= 0.6 is 0 Å². The van der Waals surface area contributed by atoms with Crippen LogP contribution in [0.15, 0.2) is 23.2 Å². The molecule has 0 bridgehead atoms. The van der Waals surface area contributed by atoms with Gasteiger partial charge in [-0.1, -0.05) is 19.1 Å². The first-order valence-corrected chi connectivity index (χ1v) is 11.5. The van der Waals surface area contributed by atoms with Gasteiger partial charge in [0.15, 0.2) is 5.96 Å². The van der Waals surface area contributed by atoms with Crippen molar-refractivity contribution >= 4 is 11.9 Å². The first-order valence-electron chi connectivity index (χ1n) is 11.5. The van der Waals surface area contributed by atoms with Crippen LogP contribution in [0.5, 0.6) is 5.75 Å². The SMILES string of the molecule is CCNC(=NCc1ccc(C)cc1OCCCOC)NCCC(=O)N1CCCC(C)C1. The number of likely N-dealkylation sites (tertiary alicyclic amines) is 1. The number of nitrogens with zero attached hydrogens (tertiary/aromatic N) is 2. The third-order valence-electron chi connectivity index (χ3n) is 5.37. The van der Waals surface area contributed by atoms with E-state index in [-0.39, 0.29) is 5.91 Å². The Balaban J connectivity index is 1.89. The number of methoxy groups -OCH3 is 1. The molecule has 0 spiro atoms. The normalized spacial score (nSPS) is 16.8. The summed E-state index contributed by atoms with van der Waals surface area (Å²) in [6.07, 6.45) is 3.66. The predicted octanol–water partition coefficient (Wildman–Crippen LogP) is 3.11. The predicted molar refractivity (Wildman–Crippen MR) is 126 cm³/mol. The first kappa shape index (κ1) is 25.0. The number of carbonyl (C=O) groups excluding carboxylic acids is 1. The van der Waals surface area contributed by atoms with E-state index < -0.39 is 0 Å². The standard InChI is InChI=1S/C24H40N4O3/c1-5-25-24(26-12-11-23(29)28-13-6-8-20(3)18-28)27-17-21-10-9-19(2)16-22(21)31-15-7-14-30-4/h9-10,16,20H,5-8,11-15,17-18H2,1-4H3,(H2,25,26,27). The van der Waals surface area contributed by atoms with Gasteiger partial charge < -0.3 is 25.0 Å². The van der Waals surface area contributed by atoms with E-state index in [0.717, 1.165) is 49.4 Å². The van der Waals surface area contributed by atoms with Gasteiger partial charge >= 0.3 is 0 Å². The Morgan fingerprint density at radius 1 is 1.29 bits per heavy atom. The number of hydrogen-bond acceptors (Lipinski definition) is 4. The van der Waals surface area contributed by atoms with Gasteiger partial charge in [-0.25, -0.2) is 4.99 Å². The molecule has 1 unspecified atom stereocenters. The Hall–Kier alpha value is -2.28. The molecule has 1 fully saturated rings. The first-order chi connectivity index (χ1) is 15.0. The van der Waals surface area contributed by atoms with Crippen molar-refractivity contribution in [2.45, 2.75) is 53.0 Å². The van der Waals surface area contributed by atoms with E-state index in [0.29, 0.717) is 44.6 Å². The molecule has 1 heterocycles. The summed E-state index contributed by atoms with van der Waals surface area (Å²) in [5.41, 5.74) is 2.20. The molecule has 1 aromatic rings. The number of guanidine groups is 1. The highest BCUT2D eigenvalue weighted by Crippen LogP contribution is 2.21. The van der Waals surface area contributed by atoms with Crippen LogP contribution < -0.4 is 15.4 Å². The van der Waals surface area contributed by atoms with Gasteiger partial charge in [0, 0.05) is 58.3 Å². The van der Waals surface area contributed by atoms with E-state index in [1.54, 1.807) is 7.11 Å². The molecule has 1 aliphatic rings. The van der Waals surface area contributed by atoms with Gasteiger partial charge in [0.1, 0.15) is 5.75 Å². The summed E-state index contributed by atoms with van der Waals surface area (Å²) in [5, 5.41) is 6.56. The molecule has 0 aromatic heterocycles. The van der Waals surface area contributed by atoms with Gasteiger partial charge in [-0.2, -0.15) is 0 Å². The number of nitrogens with one attached hydrogen (secondary N) is 2. The monoisotopic (exact) mass is 432 g/mol. The molecule has 174 valence electrons. The zero-order valence-corrected chi connectivity index (χ0v) is 19.7. The Bertz CT molecular complexity index is 708. The van der Waals surface area contributed by atoms with Crippen LogP contribution in [0.4, 0.5) is 0 Å². The van der Waals surface area contributed by atoms with Crippen LogP contribution in [0.3, 0.4) is 0 Å². The van der Waals surface area contributed by atoms with E-state index in [2.05, 4.69) is 42.7 Å². The molecule has 0 radical (unpaired) electrons. The van der Waals surface area contributed by atoms with Gasteiger partial charge in [0.05, 0.1) is 13.2 Å². The maximum atomic E-state index is 12.5. The van der Waals surface area contributed by atoms with E-state index in [9.17, 15) is 4.79 Å². The summed E-state index contributed by atoms with van der Waals surface area (Å²) in [6, 6.07) is 6.19. The molecule has 0 aliphatic carbocycles. The third kappa shape index (κ3) is 9.17.